The van der Waals surface area contributed by atoms with Crippen molar-refractivity contribution in [2.45, 2.75) is 0 Å². The van der Waals surface area contributed by atoms with Crippen molar-refractivity contribution >= 4 is 43.1 Å². The zero-order valence-electron chi connectivity index (χ0n) is 22.0. The molecule has 0 aliphatic heterocycles. The van der Waals surface area contributed by atoms with E-state index in [1.54, 1.807) is 0 Å². The summed E-state index contributed by atoms with van der Waals surface area (Å²) in [5.41, 5.74) is 7.60. The van der Waals surface area contributed by atoms with Gasteiger partial charge in [-0.1, -0.05) is 152 Å². The third-order valence-electron chi connectivity index (χ3n) is 8.25. The summed E-state index contributed by atoms with van der Waals surface area (Å²) in [6.45, 7) is 0. The molecular weight excluding hydrogens is 480 g/mol. The van der Waals surface area contributed by atoms with Crippen LogP contribution in [0, 0.1) is 0 Å². The van der Waals surface area contributed by atoms with Crippen LogP contribution in [0.15, 0.2) is 158 Å². The second kappa shape index (κ2) is 9.22. The van der Waals surface area contributed by atoms with Crippen LogP contribution in [0.3, 0.4) is 0 Å². The Morgan fingerprint density at radius 2 is 0.750 bits per heavy atom. The third-order valence-corrected chi connectivity index (χ3v) is 8.25. The normalized spacial score (nSPS) is 11.5. The van der Waals surface area contributed by atoms with Gasteiger partial charge in [-0.05, 0) is 82.5 Å². The first kappa shape index (κ1) is 22.8. The second-order valence-electron chi connectivity index (χ2n) is 10.5. The fraction of sp³-hybridized carbons (Fsp3) is 0. The minimum Gasteiger partial charge on any atom is -0.0622 e. The van der Waals surface area contributed by atoms with E-state index in [-0.39, 0.29) is 0 Å². The molecule has 0 heterocycles. The summed E-state index contributed by atoms with van der Waals surface area (Å²) in [4.78, 5) is 0. The summed E-state index contributed by atoms with van der Waals surface area (Å²) in [6.07, 6.45) is 0. The number of hydrogen-bond acceptors (Lipinski definition) is 0. The van der Waals surface area contributed by atoms with Gasteiger partial charge in [0, 0.05) is 0 Å². The van der Waals surface area contributed by atoms with Gasteiger partial charge < -0.3 is 0 Å². The molecule has 0 aromatic heterocycles. The Morgan fingerprint density at radius 3 is 1.45 bits per heavy atom. The van der Waals surface area contributed by atoms with E-state index < -0.39 is 0 Å². The molecule has 0 nitrogen and oxygen atoms in total. The molecule has 0 radical (unpaired) electrons. The molecule has 0 N–H and O–H groups in total. The molecule has 0 heteroatoms. The molecule has 0 spiro atoms. The minimum absolute atomic E-state index is 1.24. The van der Waals surface area contributed by atoms with Crippen LogP contribution in [0.25, 0.3) is 76.5 Å². The summed E-state index contributed by atoms with van der Waals surface area (Å²) >= 11 is 0. The summed E-state index contributed by atoms with van der Waals surface area (Å²) in [5, 5.41) is 10.2. The van der Waals surface area contributed by atoms with Crippen LogP contribution in [0.1, 0.15) is 0 Å². The van der Waals surface area contributed by atoms with E-state index in [1.165, 1.54) is 76.5 Å². The van der Waals surface area contributed by atoms with Crippen LogP contribution < -0.4 is 0 Å². The largest absolute Gasteiger partial charge is 0.0622 e. The zero-order chi connectivity index (χ0) is 26.5. The Labute approximate surface area is 233 Å². The molecule has 0 atom stereocenters. The summed E-state index contributed by atoms with van der Waals surface area (Å²) in [7, 11) is 0. The average molecular weight is 507 g/mol. The predicted octanol–water partition coefficient (Wildman–Crippen LogP) is 11.3. The Bertz CT molecular complexity index is 2190. The number of hydrogen-bond donors (Lipinski definition) is 0. The van der Waals surface area contributed by atoms with Crippen LogP contribution in [0.5, 0.6) is 0 Å². The van der Waals surface area contributed by atoms with Gasteiger partial charge in [0.1, 0.15) is 0 Å². The van der Waals surface area contributed by atoms with Crippen molar-refractivity contribution in [2.75, 3.05) is 0 Å². The Hall–Kier alpha value is -5.20. The van der Waals surface area contributed by atoms with Crippen molar-refractivity contribution in [3.8, 4) is 33.4 Å². The van der Waals surface area contributed by atoms with Gasteiger partial charge in [-0.15, -0.1) is 0 Å². The first-order valence-corrected chi connectivity index (χ1v) is 13.9. The molecule has 8 aromatic rings. The number of benzene rings is 8. The lowest BCUT2D eigenvalue weighted by atomic mass is 9.83. The molecule has 40 heavy (non-hydrogen) atoms. The maximum absolute atomic E-state index is 2.42. The zero-order valence-corrected chi connectivity index (χ0v) is 22.0. The van der Waals surface area contributed by atoms with Crippen LogP contribution in [0.4, 0.5) is 0 Å². The van der Waals surface area contributed by atoms with Crippen molar-refractivity contribution < 1.29 is 0 Å². The molecule has 0 saturated carbocycles. The maximum Gasteiger partial charge on any atom is -0.00199 e. The first-order chi connectivity index (χ1) is 19.9. The highest BCUT2D eigenvalue weighted by molar-refractivity contribution is 6.24. The SMILES string of the molecule is c1ccc(-c2c3ccccc3c(-c3cccc4ccccc34)c3cc(-c4cccc5ccccc45)ccc23)cc1. The van der Waals surface area contributed by atoms with Crippen LogP contribution >= 0.6 is 0 Å². The quantitative estimate of drug-likeness (QED) is 0.209. The maximum atomic E-state index is 2.42. The van der Waals surface area contributed by atoms with Crippen LogP contribution in [0.2, 0.25) is 0 Å². The van der Waals surface area contributed by atoms with Crippen molar-refractivity contribution in [3.05, 3.63) is 158 Å². The molecular formula is C40H26. The van der Waals surface area contributed by atoms with Crippen LogP contribution in [-0.4, -0.2) is 0 Å². The highest BCUT2D eigenvalue weighted by Crippen LogP contribution is 2.46. The lowest BCUT2D eigenvalue weighted by molar-refractivity contribution is 1.65. The third kappa shape index (κ3) is 3.54. The van der Waals surface area contributed by atoms with Crippen molar-refractivity contribution in [1.82, 2.24) is 0 Å². The Kier molecular flexibility index (Phi) is 5.24. The fourth-order valence-electron chi connectivity index (χ4n) is 6.47. The molecule has 0 amide bonds. The molecule has 0 aliphatic carbocycles. The van der Waals surface area contributed by atoms with Gasteiger partial charge in [0.15, 0.2) is 0 Å². The molecule has 8 aromatic carbocycles. The van der Waals surface area contributed by atoms with E-state index in [4.69, 9.17) is 0 Å². The van der Waals surface area contributed by atoms with Crippen molar-refractivity contribution in [3.63, 3.8) is 0 Å². The van der Waals surface area contributed by atoms with Gasteiger partial charge in [-0.2, -0.15) is 0 Å². The summed E-state index contributed by atoms with van der Waals surface area (Å²) < 4.78 is 0. The lowest BCUT2D eigenvalue weighted by Gasteiger charge is -2.20. The first-order valence-electron chi connectivity index (χ1n) is 13.9. The van der Waals surface area contributed by atoms with Gasteiger partial charge in [-0.25, -0.2) is 0 Å². The van der Waals surface area contributed by atoms with E-state index in [0.29, 0.717) is 0 Å². The predicted molar refractivity (Wildman–Crippen MR) is 173 cm³/mol. The molecule has 186 valence electrons. The molecule has 0 saturated heterocycles. The summed E-state index contributed by atoms with van der Waals surface area (Å²) in [5.74, 6) is 0. The van der Waals surface area contributed by atoms with Gasteiger partial charge in [0.25, 0.3) is 0 Å². The van der Waals surface area contributed by atoms with Gasteiger partial charge in [0.2, 0.25) is 0 Å². The van der Waals surface area contributed by atoms with Crippen molar-refractivity contribution in [1.29, 1.82) is 0 Å². The van der Waals surface area contributed by atoms with E-state index in [2.05, 4.69) is 158 Å². The highest BCUT2D eigenvalue weighted by Gasteiger charge is 2.19. The van der Waals surface area contributed by atoms with E-state index >= 15 is 0 Å². The molecule has 0 fully saturated rings. The van der Waals surface area contributed by atoms with Crippen molar-refractivity contribution in [2.24, 2.45) is 0 Å². The molecule has 0 aliphatic rings. The number of fused-ring (bicyclic) bond motifs is 4. The Morgan fingerprint density at radius 1 is 0.250 bits per heavy atom. The van der Waals surface area contributed by atoms with E-state index in [9.17, 15) is 0 Å². The fourth-order valence-corrected chi connectivity index (χ4v) is 6.47. The van der Waals surface area contributed by atoms with Gasteiger partial charge >= 0.3 is 0 Å². The minimum atomic E-state index is 1.24. The van der Waals surface area contributed by atoms with Gasteiger partial charge in [0.05, 0.1) is 0 Å². The lowest BCUT2D eigenvalue weighted by Crippen LogP contribution is -1.92. The summed E-state index contributed by atoms with van der Waals surface area (Å²) in [6, 6.07) is 57.5. The second-order valence-corrected chi connectivity index (χ2v) is 10.5. The van der Waals surface area contributed by atoms with E-state index in [1.807, 2.05) is 0 Å². The molecule has 8 rings (SSSR count). The molecule has 0 unspecified atom stereocenters. The Balaban J connectivity index is 1.56. The highest BCUT2D eigenvalue weighted by atomic mass is 14.2. The average Bonchev–Trinajstić information content (AvgIpc) is 3.03. The smallest absolute Gasteiger partial charge is 0.00199 e. The van der Waals surface area contributed by atoms with Gasteiger partial charge in [-0.3, -0.25) is 0 Å². The van der Waals surface area contributed by atoms with Crippen LogP contribution in [-0.2, 0) is 0 Å². The number of rotatable bonds is 3. The monoisotopic (exact) mass is 506 g/mol. The molecule has 0 bridgehead atoms. The van der Waals surface area contributed by atoms with E-state index in [0.717, 1.165) is 0 Å². The standard InChI is InChI=1S/C40H26/c1-2-14-29(15-3-1)39-35-20-8-9-21-36(35)40(34-23-11-17-28-13-5-7-19-32(28)34)38-26-30(24-25-37(38)39)33-22-10-16-27-12-4-6-18-31(27)33/h1-26H. The topological polar surface area (TPSA) is 0 Å².